The Balaban J connectivity index is 2.52. The van der Waals surface area contributed by atoms with Crippen LogP contribution in [0.5, 0.6) is 0 Å². The van der Waals surface area contributed by atoms with E-state index < -0.39 is 0 Å². The van der Waals surface area contributed by atoms with Crippen LogP contribution in [-0.4, -0.2) is 25.5 Å². The lowest BCUT2D eigenvalue weighted by atomic mass is 10.0. The highest BCUT2D eigenvalue weighted by Gasteiger charge is 2.05. The molecule has 1 rings (SSSR count). The molecule has 0 spiro atoms. The molecular weight excluding hydrogens is 179 g/mol. The van der Waals surface area contributed by atoms with Crippen LogP contribution in [0.15, 0.2) is 24.3 Å². The van der Waals surface area contributed by atoms with Crippen molar-refractivity contribution in [2.75, 3.05) is 20.6 Å². The fourth-order valence-corrected chi connectivity index (χ4v) is 1.27. The molecule has 0 fully saturated rings. The van der Waals surface area contributed by atoms with Gasteiger partial charge in [-0.05, 0) is 44.8 Å². The largest absolute Gasteiger partial charge is 0.324 e. The molecule has 1 aromatic rings. The molecule has 2 N–H and O–H groups in total. The van der Waals surface area contributed by atoms with E-state index in [4.69, 9.17) is 5.73 Å². The Morgan fingerprint density at radius 1 is 1.29 bits per heavy atom. The van der Waals surface area contributed by atoms with Crippen molar-refractivity contribution >= 4 is 0 Å². The number of hydrogen-bond donors (Lipinski definition) is 1. The Bertz CT molecular complexity index is 269. The number of benzene rings is 1. The maximum atomic E-state index is 12.6. The van der Waals surface area contributed by atoms with Crippen molar-refractivity contribution in [2.45, 2.75) is 12.5 Å². The van der Waals surface area contributed by atoms with Gasteiger partial charge in [-0.3, -0.25) is 0 Å². The summed E-state index contributed by atoms with van der Waals surface area (Å²) in [5, 5.41) is 0. The van der Waals surface area contributed by atoms with E-state index in [1.54, 1.807) is 12.1 Å². The molecule has 78 valence electrons. The molecule has 1 atom stereocenters. The lowest BCUT2D eigenvalue weighted by molar-refractivity contribution is 0.382. The Kier molecular flexibility index (Phi) is 4.04. The zero-order valence-corrected chi connectivity index (χ0v) is 8.70. The minimum atomic E-state index is -0.214. The van der Waals surface area contributed by atoms with E-state index in [1.165, 1.54) is 12.1 Å². The van der Waals surface area contributed by atoms with Crippen LogP contribution in [0.3, 0.4) is 0 Å². The van der Waals surface area contributed by atoms with Crippen molar-refractivity contribution in [1.29, 1.82) is 0 Å². The Labute approximate surface area is 84.5 Å². The van der Waals surface area contributed by atoms with E-state index in [1.807, 2.05) is 14.1 Å². The SMILES string of the molecule is CN(C)CC[C@@H](N)c1ccc(F)cc1. The summed E-state index contributed by atoms with van der Waals surface area (Å²) in [6, 6.07) is 6.39. The third-order valence-corrected chi connectivity index (χ3v) is 2.19. The van der Waals surface area contributed by atoms with Crippen molar-refractivity contribution in [3.63, 3.8) is 0 Å². The van der Waals surface area contributed by atoms with Gasteiger partial charge in [0, 0.05) is 6.04 Å². The van der Waals surface area contributed by atoms with Gasteiger partial charge in [0.2, 0.25) is 0 Å². The van der Waals surface area contributed by atoms with Crippen LogP contribution in [0, 0.1) is 5.82 Å². The van der Waals surface area contributed by atoms with Gasteiger partial charge in [-0.15, -0.1) is 0 Å². The summed E-state index contributed by atoms with van der Waals surface area (Å²) >= 11 is 0. The van der Waals surface area contributed by atoms with Gasteiger partial charge in [-0.2, -0.15) is 0 Å². The average Bonchev–Trinajstić information content (AvgIpc) is 2.15. The molecular formula is C11H17FN2. The number of nitrogens with two attached hydrogens (primary N) is 1. The van der Waals surface area contributed by atoms with E-state index in [9.17, 15) is 4.39 Å². The molecule has 3 heteroatoms. The van der Waals surface area contributed by atoms with Gasteiger partial charge >= 0.3 is 0 Å². The summed E-state index contributed by atoms with van der Waals surface area (Å²) < 4.78 is 12.6. The summed E-state index contributed by atoms with van der Waals surface area (Å²) in [6.45, 7) is 0.943. The van der Waals surface area contributed by atoms with E-state index in [0.29, 0.717) is 0 Å². The molecule has 0 heterocycles. The van der Waals surface area contributed by atoms with Crippen LogP contribution in [0.2, 0.25) is 0 Å². The quantitative estimate of drug-likeness (QED) is 0.795. The summed E-state index contributed by atoms with van der Waals surface area (Å²) in [5.41, 5.74) is 6.94. The van der Waals surface area contributed by atoms with Gasteiger partial charge in [0.15, 0.2) is 0 Å². The van der Waals surface area contributed by atoms with Gasteiger partial charge in [0.25, 0.3) is 0 Å². The van der Waals surface area contributed by atoms with Crippen LogP contribution in [0.4, 0.5) is 4.39 Å². The second kappa shape index (κ2) is 5.08. The zero-order valence-electron chi connectivity index (χ0n) is 8.70. The lowest BCUT2D eigenvalue weighted by Crippen LogP contribution is -2.20. The first-order valence-corrected chi connectivity index (χ1v) is 4.75. The maximum absolute atomic E-state index is 12.6. The van der Waals surface area contributed by atoms with Crippen molar-refractivity contribution in [3.05, 3.63) is 35.6 Å². The molecule has 0 aliphatic rings. The highest BCUT2D eigenvalue weighted by molar-refractivity contribution is 5.19. The summed E-state index contributed by atoms with van der Waals surface area (Å²) in [4.78, 5) is 2.09. The number of nitrogens with zero attached hydrogens (tertiary/aromatic N) is 1. The first kappa shape index (κ1) is 11.1. The fourth-order valence-electron chi connectivity index (χ4n) is 1.27. The molecule has 0 aliphatic carbocycles. The van der Waals surface area contributed by atoms with Crippen LogP contribution >= 0.6 is 0 Å². The predicted octanol–water partition coefficient (Wildman–Crippen LogP) is 1.78. The fraction of sp³-hybridized carbons (Fsp3) is 0.455. The predicted molar refractivity (Wildman–Crippen MR) is 56.5 cm³/mol. The molecule has 0 unspecified atom stereocenters. The molecule has 14 heavy (non-hydrogen) atoms. The molecule has 0 aliphatic heterocycles. The number of hydrogen-bond acceptors (Lipinski definition) is 2. The van der Waals surface area contributed by atoms with Gasteiger partial charge in [0.05, 0.1) is 0 Å². The molecule has 0 aromatic heterocycles. The van der Waals surface area contributed by atoms with E-state index >= 15 is 0 Å². The van der Waals surface area contributed by atoms with E-state index in [-0.39, 0.29) is 11.9 Å². The average molecular weight is 196 g/mol. The molecule has 0 radical (unpaired) electrons. The molecule has 0 bridgehead atoms. The molecule has 2 nitrogen and oxygen atoms in total. The Morgan fingerprint density at radius 2 is 1.86 bits per heavy atom. The van der Waals surface area contributed by atoms with Crippen LogP contribution < -0.4 is 5.73 Å². The van der Waals surface area contributed by atoms with Crippen molar-refractivity contribution in [1.82, 2.24) is 4.90 Å². The molecule has 1 aromatic carbocycles. The topological polar surface area (TPSA) is 29.3 Å². The van der Waals surface area contributed by atoms with Gasteiger partial charge < -0.3 is 10.6 Å². The summed E-state index contributed by atoms with van der Waals surface area (Å²) in [7, 11) is 4.02. The van der Waals surface area contributed by atoms with Crippen LogP contribution in [0.25, 0.3) is 0 Å². The van der Waals surface area contributed by atoms with Gasteiger partial charge in [-0.25, -0.2) is 4.39 Å². The second-order valence-corrected chi connectivity index (χ2v) is 3.75. The van der Waals surface area contributed by atoms with Crippen molar-refractivity contribution in [3.8, 4) is 0 Å². The highest BCUT2D eigenvalue weighted by Crippen LogP contribution is 2.14. The maximum Gasteiger partial charge on any atom is 0.123 e. The number of rotatable bonds is 4. The first-order valence-electron chi connectivity index (χ1n) is 4.75. The highest BCUT2D eigenvalue weighted by atomic mass is 19.1. The van der Waals surface area contributed by atoms with E-state index in [2.05, 4.69) is 4.90 Å². The van der Waals surface area contributed by atoms with Crippen LogP contribution in [0.1, 0.15) is 18.0 Å². The van der Waals surface area contributed by atoms with Gasteiger partial charge in [-0.1, -0.05) is 12.1 Å². The molecule has 0 saturated heterocycles. The summed E-state index contributed by atoms with van der Waals surface area (Å²) in [6.07, 6.45) is 0.888. The van der Waals surface area contributed by atoms with Crippen LogP contribution in [-0.2, 0) is 0 Å². The monoisotopic (exact) mass is 196 g/mol. The van der Waals surface area contributed by atoms with Crippen molar-refractivity contribution < 1.29 is 4.39 Å². The normalized spacial score (nSPS) is 13.2. The Hall–Kier alpha value is -0.930. The first-order chi connectivity index (χ1) is 6.59. The lowest BCUT2D eigenvalue weighted by Gasteiger charge is -2.15. The third kappa shape index (κ3) is 3.44. The standard InChI is InChI=1S/C11H17FN2/c1-14(2)8-7-11(13)9-3-5-10(12)6-4-9/h3-6,11H,7-8,13H2,1-2H3/t11-/m1/s1. The smallest absolute Gasteiger partial charge is 0.123 e. The number of halogens is 1. The summed E-state index contributed by atoms with van der Waals surface area (Å²) in [5.74, 6) is -0.214. The second-order valence-electron chi connectivity index (χ2n) is 3.75. The molecule has 0 saturated carbocycles. The van der Waals surface area contributed by atoms with Crippen molar-refractivity contribution in [2.24, 2.45) is 5.73 Å². The minimum Gasteiger partial charge on any atom is -0.324 e. The Morgan fingerprint density at radius 3 is 2.36 bits per heavy atom. The van der Waals surface area contributed by atoms with E-state index in [0.717, 1.165) is 18.5 Å². The van der Waals surface area contributed by atoms with Gasteiger partial charge in [0.1, 0.15) is 5.82 Å². The third-order valence-electron chi connectivity index (χ3n) is 2.19. The molecule has 0 amide bonds. The zero-order chi connectivity index (χ0) is 10.6. The minimum absolute atomic E-state index is 0.00185.